The monoisotopic (exact) mass is 649 g/mol. The molecule has 252 valence electrons. The number of hydrogen-bond acceptors (Lipinski definition) is 3. The first-order valence-electron chi connectivity index (χ1n) is 18.4. The van der Waals surface area contributed by atoms with Crippen molar-refractivity contribution in [2.24, 2.45) is 0 Å². The number of benzene rings is 4. The quantitative estimate of drug-likeness (QED) is 0.174. The van der Waals surface area contributed by atoms with Gasteiger partial charge >= 0.3 is 0 Å². The lowest BCUT2D eigenvalue weighted by Crippen LogP contribution is -2.59. The van der Waals surface area contributed by atoms with Crippen LogP contribution in [0.15, 0.2) is 71.1 Å². The number of nitrogens with zero attached hydrogens (tertiary/aromatic N) is 1. The zero-order chi connectivity index (χ0) is 35.0. The van der Waals surface area contributed by atoms with Gasteiger partial charge in [-0.05, 0) is 122 Å². The Bertz CT molecular complexity index is 2140. The SMILES string of the molecule is CC(C)c1ccc2oc3c(c2c1)B1c2cc4c(cc2N(c2cc(C(C)(C)C)cc(C(C)(C)C)c2)c2cccc(c21)O3)C(C)(C)CCC4(C)C. The molecule has 0 saturated carbocycles. The first-order valence-corrected chi connectivity index (χ1v) is 18.4. The number of anilines is 3. The van der Waals surface area contributed by atoms with E-state index in [4.69, 9.17) is 9.15 Å². The van der Waals surface area contributed by atoms with Crippen LogP contribution in [0.25, 0.3) is 11.0 Å². The Morgan fingerprint density at radius 1 is 0.714 bits per heavy atom. The fourth-order valence-corrected chi connectivity index (χ4v) is 8.54. The lowest BCUT2D eigenvalue weighted by atomic mass is 9.33. The Labute approximate surface area is 294 Å². The fourth-order valence-electron chi connectivity index (χ4n) is 8.54. The lowest BCUT2D eigenvalue weighted by molar-refractivity contribution is 0.332. The molecule has 4 aromatic carbocycles. The van der Waals surface area contributed by atoms with Gasteiger partial charge in [0.1, 0.15) is 11.3 Å². The number of ether oxygens (including phenoxy) is 1. The van der Waals surface area contributed by atoms with Crippen LogP contribution >= 0.6 is 0 Å². The van der Waals surface area contributed by atoms with Crippen LogP contribution in [0, 0.1) is 0 Å². The normalized spacial score (nSPS) is 17.4. The zero-order valence-electron chi connectivity index (χ0n) is 31.7. The van der Waals surface area contributed by atoms with Crippen LogP contribution in [0.1, 0.15) is 130 Å². The highest BCUT2D eigenvalue weighted by atomic mass is 16.6. The second-order valence-corrected chi connectivity index (χ2v) is 18.8. The zero-order valence-corrected chi connectivity index (χ0v) is 31.7. The molecule has 5 aromatic rings. The minimum Gasteiger partial charge on any atom is -0.427 e. The summed E-state index contributed by atoms with van der Waals surface area (Å²) in [4.78, 5) is 2.56. The first kappa shape index (κ1) is 32.3. The Hall–Kier alpha value is -3.92. The van der Waals surface area contributed by atoms with Gasteiger partial charge in [0.2, 0.25) is 0 Å². The Morgan fingerprint density at radius 3 is 1.96 bits per heavy atom. The van der Waals surface area contributed by atoms with Crippen molar-refractivity contribution in [3.05, 3.63) is 94.5 Å². The molecule has 0 saturated heterocycles. The van der Waals surface area contributed by atoms with Crippen LogP contribution in [0.3, 0.4) is 0 Å². The average Bonchev–Trinajstić information content (AvgIpc) is 3.39. The summed E-state index contributed by atoms with van der Waals surface area (Å²) in [6, 6.07) is 25.7. The summed E-state index contributed by atoms with van der Waals surface area (Å²) in [5.74, 6) is 1.93. The van der Waals surface area contributed by atoms with Crippen molar-refractivity contribution in [3.63, 3.8) is 0 Å². The predicted octanol–water partition coefficient (Wildman–Crippen LogP) is 10.9. The molecule has 1 aromatic heterocycles. The molecule has 0 atom stereocenters. The topological polar surface area (TPSA) is 25.6 Å². The Balaban J connectivity index is 1.49. The van der Waals surface area contributed by atoms with E-state index in [-0.39, 0.29) is 28.4 Å². The molecule has 4 heteroatoms. The van der Waals surface area contributed by atoms with Gasteiger partial charge in [0, 0.05) is 27.9 Å². The number of hydrogen-bond donors (Lipinski definition) is 0. The van der Waals surface area contributed by atoms with Gasteiger partial charge in [-0.2, -0.15) is 0 Å². The molecule has 0 unspecified atom stereocenters. The predicted molar refractivity (Wildman–Crippen MR) is 209 cm³/mol. The van der Waals surface area contributed by atoms with Crippen LogP contribution in [0.5, 0.6) is 11.7 Å². The van der Waals surface area contributed by atoms with Gasteiger partial charge in [0.15, 0.2) is 0 Å². The fraction of sp³-hybridized carbons (Fsp3) is 0.422. The van der Waals surface area contributed by atoms with E-state index in [1.807, 2.05) is 0 Å². The molecular formula is C45H52BNO2. The second-order valence-electron chi connectivity index (χ2n) is 18.8. The van der Waals surface area contributed by atoms with Crippen LogP contribution in [0.4, 0.5) is 17.1 Å². The minimum absolute atomic E-state index is 0.00299. The molecule has 0 spiro atoms. The maximum absolute atomic E-state index is 6.76. The van der Waals surface area contributed by atoms with Crippen molar-refractivity contribution in [1.82, 2.24) is 0 Å². The van der Waals surface area contributed by atoms with E-state index in [1.54, 1.807) is 0 Å². The third-order valence-electron chi connectivity index (χ3n) is 11.9. The molecule has 2 aliphatic heterocycles. The van der Waals surface area contributed by atoms with E-state index in [0.717, 1.165) is 22.2 Å². The maximum atomic E-state index is 6.76. The first-order chi connectivity index (χ1) is 22.8. The highest BCUT2D eigenvalue weighted by Crippen LogP contribution is 2.50. The maximum Gasteiger partial charge on any atom is 0.285 e. The second kappa shape index (κ2) is 10.3. The van der Waals surface area contributed by atoms with Gasteiger partial charge in [-0.3, -0.25) is 0 Å². The van der Waals surface area contributed by atoms with Gasteiger partial charge in [0.25, 0.3) is 12.7 Å². The summed E-state index contributed by atoms with van der Waals surface area (Å²) in [6.45, 7) is 28.2. The van der Waals surface area contributed by atoms with Gasteiger partial charge in [0.05, 0.1) is 0 Å². The van der Waals surface area contributed by atoms with E-state index in [9.17, 15) is 0 Å². The van der Waals surface area contributed by atoms with Gasteiger partial charge in [-0.1, -0.05) is 107 Å². The minimum atomic E-state index is -0.0103. The van der Waals surface area contributed by atoms with Crippen molar-refractivity contribution in [3.8, 4) is 11.7 Å². The Morgan fingerprint density at radius 2 is 1.35 bits per heavy atom. The largest absolute Gasteiger partial charge is 0.427 e. The third-order valence-corrected chi connectivity index (χ3v) is 11.9. The van der Waals surface area contributed by atoms with Crippen LogP contribution in [0.2, 0.25) is 0 Å². The third kappa shape index (κ3) is 4.91. The molecule has 49 heavy (non-hydrogen) atoms. The number of furan rings is 1. The van der Waals surface area contributed by atoms with E-state index >= 15 is 0 Å². The highest BCUT2D eigenvalue weighted by Gasteiger charge is 2.47. The summed E-state index contributed by atoms with van der Waals surface area (Å²) in [5.41, 5.74) is 15.4. The number of rotatable bonds is 2. The summed E-state index contributed by atoms with van der Waals surface area (Å²) in [6.07, 6.45) is 2.34. The van der Waals surface area contributed by atoms with Gasteiger partial charge in [-0.15, -0.1) is 0 Å². The average molecular weight is 650 g/mol. The molecule has 0 radical (unpaired) electrons. The van der Waals surface area contributed by atoms with Crippen LogP contribution < -0.4 is 26.0 Å². The van der Waals surface area contributed by atoms with Crippen molar-refractivity contribution >= 4 is 51.1 Å². The molecule has 8 rings (SSSR count). The molecule has 3 nitrogen and oxygen atoms in total. The van der Waals surface area contributed by atoms with Crippen molar-refractivity contribution < 1.29 is 9.15 Å². The molecule has 0 N–H and O–H groups in total. The number of fused-ring (bicyclic) bond motifs is 7. The molecule has 0 amide bonds. The molecule has 3 heterocycles. The molecule has 1 aliphatic carbocycles. The molecular weight excluding hydrogens is 597 g/mol. The highest BCUT2D eigenvalue weighted by molar-refractivity contribution is 7.00. The molecule has 3 aliphatic rings. The standard InChI is InChI=1S/C45H52BNO2/c1-26(2)27-16-17-37-31(20-27)39-41(48-37)49-38-15-13-14-35-40(38)46(39)34-24-32-33(45(11,12)19-18-44(32,9)10)25-36(34)47(35)30-22-28(42(3,4)5)21-29(23-30)43(6,7)8/h13-17,20-26H,18-19H2,1-12H3. The molecule has 0 fully saturated rings. The summed E-state index contributed by atoms with van der Waals surface area (Å²) < 4.78 is 13.3. The van der Waals surface area contributed by atoms with Crippen molar-refractivity contribution in [1.29, 1.82) is 0 Å². The van der Waals surface area contributed by atoms with Crippen molar-refractivity contribution in [2.45, 2.75) is 124 Å². The lowest BCUT2D eigenvalue weighted by Gasteiger charge is -2.45. The van der Waals surface area contributed by atoms with Gasteiger partial charge < -0.3 is 14.1 Å². The molecule has 0 bridgehead atoms. The van der Waals surface area contributed by atoms with Crippen molar-refractivity contribution in [2.75, 3.05) is 4.90 Å². The summed E-state index contributed by atoms with van der Waals surface area (Å²) in [7, 11) is 0. The smallest absolute Gasteiger partial charge is 0.285 e. The summed E-state index contributed by atoms with van der Waals surface area (Å²) >= 11 is 0. The Kier molecular flexibility index (Phi) is 6.80. The van der Waals surface area contributed by atoms with Crippen LogP contribution in [-0.4, -0.2) is 6.71 Å². The van der Waals surface area contributed by atoms with E-state index < -0.39 is 0 Å². The van der Waals surface area contributed by atoms with E-state index in [1.165, 1.54) is 68.6 Å². The van der Waals surface area contributed by atoms with Crippen LogP contribution in [-0.2, 0) is 21.7 Å². The van der Waals surface area contributed by atoms with Gasteiger partial charge in [-0.25, -0.2) is 0 Å². The van der Waals surface area contributed by atoms with E-state index in [2.05, 4.69) is 155 Å². The van der Waals surface area contributed by atoms with E-state index in [0.29, 0.717) is 11.9 Å². The summed E-state index contributed by atoms with van der Waals surface area (Å²) in [5, 5.41) is 1.16.